The van der Waals surface area contributed by atoms with Gasteiger partial charge in [0.25, 0.3) is 0 Å². The van der Waals surface area contributed by atoms with Gasteiger partial charge in [0.15, 0.2) is 0 Å². The number of nitrogens with zero attached hydrogens (tertiary/aromatic N) is 1. The predicted octanol–water partition coefficient (Wildman–Crippen LogP) is 5.18. The number of nitrogens with one attached hydrogen (secondary N) is 2. The van der Waals surface area contributed by atoms with Crippen molar-refractivity contribution < 1.29 is 0 Å². The molecular weight excluding hydrogens is 302 g/mol. The van der Waals surface area contributed by atoms with Gasteiger partial charge in [0.1, 0.15) is 5.04 Å². The largest absolute Gasteiger partial charge is 0.381 e. The van der Waals surface area contributed by atoms with Crippen LogP contribution in [0.3, 0.4) is 0 Å². The number of aliphatic imine (C=N–C) groups is 1. The summed E-state index contributed by atoms with van der Waals surface area (Å²) in [4.78, 5) is 8.53. The zero-order chi connectivity index (χ0) is 15.6. The first-order valence-corrected chi connectivity index (χ1v) is 9.91. The Balaban J connectivity index is 1.61. The third-order valence-electron chi connectivity index (χ3n) is 4.94. The average molecular weight is 327 g/mol. The number of aromatic nitrogens is 1. The van der Waals surface area contributed by atoms with Crippen molar-refractivity contribution in [2.75, 3.05) is 11.1 Å². The second-order valence-corrected chi connectivity index (χ2v) is 7.77. The van der Waals surface area contributed by atoms with Crippen LogP contribution in [-0.2, 0) is 0 Å². The van der Waals surface area contributed by atoms with Gasteiger partial charge in [0.05, 0.1) is 22.9 Å². The highest BCUT2D eigenvalue weighted by atomic mass is 32.2. The van der Waals surface area contributed by atoms with Gasteiger partial charge in [-0.15, -0.1) is 11.8 Å². The van der Waals surface area contributed by atoms with Gasteiger partial charge in [0.2, 0.25) is 0 Å². The second-order valence-electron chi connectivity index (χ2n) is 6.77. The van der Waals surface area contributed by atoms with Gasteiger partial charge in [-0.25, -0.2) is 0 Å². The molecule has 0 bridgehead atoms. The van der Waals surface area contributed by atoms with E-state index in [-0.39, 0.29) is 0 Å². The number of H-pyrrole nitrogens is 1. The molecule has 122 valence electrons. The minimum atomic E-state index is 0.502. The van der Waals surface area contributed by atoms with E-state index in [0.29, 0.717) is 12.1 Å². The van der Waals surface area contributed by atoms with E-state index >= 15 is 0 Å². The number of aromatic amines is 1. The van der Waals surface area contributed by atoms with Gasteiger partial charge in [0, 0.05) is 17.2 Å². The molecule has 1 atom stereocenters. The number of rotatable bonds is 5. The summed E-state index contributed by atoms with van der Waals surface area (Å²) >= 11 is 1.90. The number of benzene rings is 1. The predicted molar refractivity (Wildman–Crippen MR) is 102 cm³/mol. The maximum atomic E-state index is 4.90. The summed E-state index contributed by atoms with van der Waals surface area (Å²) < 4.78 is 0. The van der Waals surface area contributed by atoms with Crippen molar-refractivity contribution in [1.82, 2.24) is 4.98 Å². The Kier molecular flexibility index (Phi) is 4.34. The monoisotopic (exact) mass is 327 g/mol. The van der Waals surface area contributed by atoms with E-state index in [1.54, 1.807) is 0 Å². The van der Waals surface area contributed by atoms with Gasteiger partial charge in [-0.2, -0.15) is 0 Å². The molecule has 1 aromatic heterocycles. The van der Waals surface area contributed by atoms with Crippen LogP contribution in [-0.4, -0.2) is 27.9 Å². The van der Waals surface area contributed by atoms with E-state index in [4.69, 9.17) is 4.99 Å². The molecule has 1 saturated carbocycles. The zero-order valence-electron chi connectivity index (χ0n) is 13.8. The summed E-state index contributed by atoms with van der Waals surface area (Å²) in [5.41, 5.74) is 3.66. The van der Waals surface area contributed by atoms with Gasteiger partial charge >= 0.3 is 0 Å². The number of hydrogen-bond donors (Lipinski definition) is 2. The number of anilines is 1. The fourth-order valence-corrected chi connectivity index (χ4v) is 4.81. The van der Waals surface area contributed by atoms with E-state index in [2.05, 4.69) is 41.5 Å². The first kappa shape index (κ1) is 15.1. The number of thioether (sulfide) groups is 1. The summed E-state index contributed by atoms with van der Waals surface area (Å²) in [6.07, 6.45) is 7.72. The molecule has 23 heavy (non-hydrogen) atoms. The molecule has 1 fully saturated rings. The van der Waals surface area contributed by atoms with E-state index in [9.17, 15) is 0 Å². The topological polar surface area (TPSA) is 40.2 Å². The van der Waals surface area contributed by atoms with E-state index in [1.165, 1.54) is 65.9 Å². The lowest BCUT2D eigenvalue weighted by atomic mass is 10.2. The summed E-state index contributed by atoms with van der Waals surface area (Å²) in [7, 11) is 0. The van der Waals surface area contributed by atoms with Crippen LogP contribution in [0.1, 0.15) is 51.1 Å². The average Bonchev–Trinajstić information content (AvgIpc) is 3.27. The molecule has 1 aliphatic heterocycles. The normalized spacial score (nSPS) is 22.0. The summed E-state index contributed by atoms with van der Waals surface area (Å²) in [6.45, 7) is 2.24. The molecule has 2 aromatic rings. The Hall–Kier alpha value is -1.42. The third-order valence-corrected chi connectivity index (χ3v) is 6.09. The summed E-state index contributed by atoms with van der Waals surface area (Å²) in [5.74, 6) is 1.13. The first-order valence-electron chi connectivity index (χ1n) is 8.92. The Labute approximate surface area is 142 Å². The van der Waals surface area contributed by atoms with Crippen LogP contribution in [0.2, 0.25) is 0 Å². The van der Waals surface area contributed by atoms with Crippen LogP contribution in [0.15, 0.2) is 29.3 Å². The number of para-hydroxylation sites is 1. The highest BCUT2D eigenvalue weighted by Gasteiger charge is 2.21. The van der Waals surface area contributed by atoms with Crippen LogP contribution >= 0.6 is 11.8 Å². The molecular formula is C19H25N3S. The molecule has 0 spiro atoms. The molecule has 4 heteroatoms. The van der Waals surface area contributed by atoms with Crippen LogP contribution in [0, 0.1) is 0 Å². The van der Waals surface area contributed by atoms with Crippen molar-refractivity contribution in [2.45, 2.75) is 57.5 Å². The van der Waals surface area contributed by atoms with Gasteiger partial charge < -0.3 is 10.3 Å². The lowest BCUT2D eigenvalue weighted by Gasteiger charge is -2.14. The van der Waals surface area contributed by atoms with Crippen LogP contribution in [0.5, 0.6) is 0 Å². The smallest absolute Gasteiger partial charge is 0.114 e. The SMILES string of the molecule is CCCC1CSC(c2cc3cccc(NC4CCCC4)c3[nH]2)=N1. The first-order chi connectivity index (χ1) is 11.3. The highest BCUT2D eigenvalue weighted by molar-refractivity contribution is 8.14. The second kappa shape index (κ2) is 6.60. The molecule has 3 nitrogen and oxygen atoms in total. The van der Waals surface area contributed by atoms with Crippen LogP contribution in [0.25, 0.3) is 10.9 Å². The number of fused-ring (bicyclic) bond motifs is 1. The van der Waals surface area contributed by atoms with Crippen molar-refractivity contribution in [3.8, 4) is 0 Å². The lowest BCUT2D eigenvalue weighted by molar-refractivity contribution is 0.670. The van der Waals surface area contributed by atoms with Crippen molar-refractivity contribution in [3.63, 3.8) is 0 Å². The standard InChI is InChI=1S/C19H25N3S/c1-2-6-15-12-23-19(21-15)17-11-13-7-5-10-16(18(13)22-17)20-14-8-3-4-9-14/h5,7,10-11,14-15,20,22H,2-4,6,8-9,12H2,1H3. The van der Waals surface area contributed by atoms with Gasteiger partial charge in [-0.1, -0.05) is 38.3 Å². The third kappa shape index (κ3) is 3.14. The summed E-state index contributed by atoms with van der Waals surface area (Å²) in [6, 6.07) is 9.95. The van der Waals surface area contributed by atoms with E-state index < -0.39 is 0 Å². The fraction of sp³-hybridized carbons (Fsp3) is 0.526. The van der Waals surface area contributed by atoms with Gasteiger partial charge in [-0.05, 0) is 31.4 Å². The fourth-order valence-electron chi connectivity index (χ4n) is 3.73. The zero-order valence-corrected chi connectivity index (χ0v) is 14.6. The van der Waals surface area contributed by atoms with Crippen LogP contribution < -0.4 is 5.32 Å². The molecule has 0 amide bonds. The lowest BCUT2D eigenvalue weighted by Crippen LogP contribution is -2.14. The van der Waals surface area contributed by atoms with Crippen molar-refractivity contribution >= 4 is 33.4 Å². The molecule has 0 saturated heterocycles. The minimum Gasteiger partial charge on any atom is -0.381 e. The van der Waals surface area contributed by atoms with Crippen LogP contribution in [0.4, 0.5) is 5.69 Å². The highest BCUT2D eigenvalue weighted by Crippen LogP contribution is 2.31. The maximum Gasteiger partial charge on any atom is 0.114 e. The molecule has 2 aliphatic rings. The Bertz CT molecular complexity index is 712. The molecule has 1 aliphatic carbocycles. The van der Waals surface area contributed by atoms with E-state index in [0.717, 1.165) is 5.75 Å². The Morgan fingerprint density at radius 2 is 2.17 bits per heavy atom. The van der Waals surface area contributed by atoms with Gasteiger partial charge in [-0.3, -0.25) is 4.99 Å². The Morgan fingerprint density at radius 1 is 1.30 bits per heavy atom. The molecule has 2 heterocycles. The summed E-state index contributed by atoms with van der Waals surface area (Å²) in [5, 5.41) is 6.21. The molecule has 1 aromatic carbocycles. The van der Waals surface area contributed by atoms with Crippen molar-refractivity contribution in [1.29, 1.82) is 0 Å². The number of hydrogen-bond acceptors (Lipinski definition) is 3. The van der Waals surface area contributed by atoms with Crippen molar-refractivity contribution in [2.24, 2.45) is 4.99 Å². The van der Waals surface area contributed by atoms with E-state index in [1.807, 2.05) is 11.8 Å². The molecule has 1 unspecified atom stereocenters. The quantitative estimate of drug-likeness (QED) is 0.794. The molecule has 0 radical (unpaired) electrons. The molecule has 2 N–H and O–H groups in total. The van der Waals surface area contributed by atoms with Crippen molar-refractivity contribution in [3.05, 3.63) is 30.0 Å². The minimum absolute atomic E-state index is 0.502. The molecule has 4 rings (SSSR count). The maximum absolute atomic E-state index is 4.90. The Morgan fingerprint density at radius 3 is 3.00 bits per heavy atom.